The molecule has 1 unspecified atom stereocenters. The molecule has 2 aliphatic rings. The molecule has 0 aliphatic carbocycles. The highest BCUT2D eigenvalue weighted by atomic mass is 32.1. The van der Waals surface area contributed by atoms with Crippen LogP contribution in [0.15, 0.2) is 5.38 Å². The van der Waals surface area contributed by atoms with Gasteiger partial charge in [0.1, 0.15) is 0 Å². The first-order chi connectivity index (χ1) is 10.4. The van der Waals surface area contributed by atoms with E-state index in [1.165, 1.54) is 0 Å². The fourth-order valence-electron chi connectivity index (χ4n) is 2.95. The Morgan fingerprint density at radius 2 is 2.18 bits per heavy atom. The van der Waals surface area contributed by atoms with Crippen molar-refractivity contribution in [2.75, 3.05) is 32.7 Å². The average molecular weight is 330 g/mol. The van der Waals surface area contributed by atoms with Crippen molar-refractivity contribution in [2.45, 2.75) is 31.9 Å². The Balaban J connectivity index is 1.48. The molecule has 2 saturated heterocycles. The number of amides is 1. The van der Waals surface area contributed by atoms with Crippen molar-refractivity contribution in [3.8, 4) is 0 Å². The van der Waals surface area contributed by atoms with Crippen LogP contribution in [0.3, 0.4) is 0 Å². The predicted octanol–water partition coefficient (Wildman–Crippen LogP) is 1.09. The number of halogens is 2. The van der Waals surface area contributed by atoms with Gasteiger partial charge in [0.25, 0.3) is 5.92 Å². The van der Waals surface area contributed by atoms with E-state index in [9.17, 15) is 13.6 Å². The fraction of sp³-hybridized carbons (Fsp3) is 0.714. The van der Waals surface area contributed by atoms with Gasteiger partial charge in [-0.3, -0.25) is 15.0 Å². The summed E-state index contributed by atoms with van der Waals surface area (Å²) >= 11 is 1.63. The number of piperazine rings is 1. The molecule has 22 heavy (non-hydrogen) atoms. The number of nitrogens with one attached hydrogen (secondary N) is 1. The topological polar surface area (TPSA) is 48.5 Å². The van der Waals surface area contributed by atoms with Crippen LogP contribution >= 0.6 is 11.3 Å². The molecule has 0 saturated carbocycles. The van der Waals surface area contributed by atoms with E-state index in [1.54, 1.807) is 16.2 Å². The minimum absolute atomic E-state index is 0.193. The van der Waals surface area contributed by atoms with Gasteiger partial charge in [0, 0.05) is 44.5 Å². The number of hydrogen-bond donors (Lipinski definition) is 1. The summed E-state index contributed by atoms with van der Waals surface area (Å²) in [5.41, 5.74) is 1.05. The molecule has 8 heteroatoms. The average Bonchev–Trinajstić information content (AvgIpc) is 3.04. The van der Waals surface area contributed by atoms with E-state index in [1.807, 2.05) is 6.92 Å². The van der Waals surface area contributed by atoms with E-state index < -0.39 is 18.5 Å². The van der Waals surface area contributed by atoms with E-state index in [-0.39, 0.29) is 12.3 Å². The Bertz CT molecular complexity index is 543. The van der Waals surface area contributed by atoms with Gasteiger partial charge >= 0.3 is 0 Å². The molecular formula is C14H20F2N4OS. The Kier molecular flexibility index (Phi) is 4.42. The van der Waals surface area contributed by atoms with Crippen LogP contribution in [0.5, 0.6) is 0 Å². The van der Waals surface area contributed by atoms with Gasteiger partial charge in [0.2, 0.25) is 5.91 Å². The van der Waals surface area contributed by atoms with E-state index in [0.29, 0.717) is 13.1 Å². The number of aryl methyl sites for hydroxylation is 1. The van der Waals surface area contributed by atoms with Gasteiger partial charge in [-0.1, -0.05) is 0 Å². The van der Waals surface area contributed by atoms with Gasteiger partial charge in [-0.15, -0.1) is 11.3 Å². The molecule has 1 aromatic heterocycles. The lowest BCUT2D eigenvalue weighted by atomic mass is 10.1. The second-order valence-corrected chi connectivity index (χ2v) is 7.02. The van der Waals surface area contributed by atoms with E-state index >= 15 is 0 Å². The number of carbonyl (C=O) groups excluding carboxylic acids is 1. The smallest absolute Gasteiger partial charge is 0.262 e. The van der Waals surface area contributed by atoms with E-state index in [2.05, 4.69) is 20.6 Å². The maximum atomic E-state index is 13.2. The zero-order valence-corrected chi connectivity index (χ0v) is 13.3. The fourth-order valence-corrected chi connectivity index (χ4v) is 3.55. The highest BCUT2D eigenvalue weighted by molar-refractivity contribution is 7.09. The predicted molar refractivity (Wildman–Crippen MR) is 80.1 cm³/mol. The largest absolute Gasteiger partial charge is 0.339 e. The summed E-state index contributed by atoms with van der Waals surface area (Å²) in [4.78, 5) is 20.6. The molecular weight excluding hydrogens is 310 g/mol. The van der Waals surface area contributed by atoms with Gasteiger partial charge in [0.05, 0.1) is 23.3 Å². The summed E-state index contributed by atoms with van der Waals surface area (Å²) in [6, 6.07) is -0.734. The highest BCUT2D eigenvalue weighted by Gasteiger charge is 2.43. The normalized spacial score (nSPS) is 25.6. The minimum atomic E-state index is -2.76. The van der Waals surface area contributed by atoms with Crippen LogP contribution in [-0.4, -0.2) is 65.4 Å². The first-order valence-electron chi connectivity index (χ1n) is 7.46. The molecule has 3 heterocycles. The van der Waals surface area contributed by atoms with Crippen LogP contribution < -0.4 is 5.32 Å². The zero-order valence-electron chi connectivity index (χ0n) is 12.5. The van der Waals surface area contributed by atoms with Gasteiger partial charge in [-0.05, 0) is 6.92 Å². The molecule has 3 rings (SSSR count). The summed E-state index contributed by atoms with van der Waals surface area (Å²) in [6.07, 6.45) is -0.385. The van der Waals surface area contributed by atoms with Crippen LogP contribution in [0, 0.1) is 6.92 Å². The molecule has 1 amide bonds. The molecule has 122 valence electrons. The zero-order chi connectivity index (χ0) is 15.7. The third-order valence-electron chi connectivity index (χ3n) is 4.14. The van der Waals surface area contributed by atoms with Crippen LogP contribution in [0.1, 0.15) is 17.1 Å². The number of thiazole rings is 1. The second-order valence-electron chi connectivity index (χ2n) is 5.95. The van der Waals surface area contributed by atoms with Crippen molar-refractivity contribution >= 4 is 17.2 Å². The lowest BCUT2D eigenvalue weighted by Gasteiger charge is -2.35. The molecule has 2 aliphatic heterocycles. The molecule has 0 aromatic carbocycles. The molecule has 2 fully saturated rings. The monoisotopic (exact) mass is 330 g/mol. The van der Waals surface area contributed by atoms with Gasteiger partial charge in [0.15, 0.2) is 0 Å². The van der Waals surface area contributed by atoms with Crippen molar-refractivity contribution in [1.82, 2.24) is 20.1 Å². The summed E-state index contributed by atoms with van der Waals surface area (Å²) < 4.78 is 26.4. The number of nitrogens with zero attached hydrogens (tertiary/aromatic N) is 3. The maximum Gasteiger partial charge on any atom is 0.262 e. The van der Waals surface area contributed by atoms with Crippen LogP contribution in [0.2, 0.25) is 0 Å². The number of aromatic nitrogens is 1. The van der Waals surface area contributed by atoms with Gasteiger partial charge < -0.3 is 4.90 Å². The first-order valence-corrected chi connectivity index (χ1v) is 8.34. The highest BCUT2D eigenvalue weighted by Crippen LogP contribution is 2.26. The molecule has 1 N–H and O–H groups in total. The quantitative estimate of drug-likeness (QED) is 0.901. The molecule has 0 bridgehead atoms. The summed E-state index contributed by atoms with van der Waals surface area (Å²) in [5, 5.41) is 5.74. The lowest BCUT2D eigenvalue weighted by molar-refractivity contribution is -0.135. The van der Waals surface area contributed by atoms with E-state index in [0.717, 1.165) is 30.3 Å². The Labute approximate surface area is 132 Å². The number of alkyl halides is 2. The van der Waals surface area contributed by atoms with E-state index in [4.69, 9.17) is 0 Å². The van der Waals surface area contributed by atoms with Gasteiger partial charge in [-0.25, -0.2) is 13.8 Å². The molecule has 0 radical (unpaired) electrons. The Morgan fingerprint density at radius 1 is 1.45 bits per heavy atom. The summed E-state index contributed by atoms with van der Waals surface area (Å²) in [7, 11) is 0. The number of rotatable bonds is 3. The van der Waals surface area contributed by atoms with Crippen LogP contribution in [0.4, 0.5) is 8.78 Å². The van der Waals surface area contributed by atoms with Crippen LogP contribution in [0.25, 0.3) is 0 Å². The molecule has 5 nitrogen and oxygen atoms in total. The van der Waals surface area contributed by atoms with Crippen molar-refractivity contribution < 1.29 is 13.6 Å². The van der Waals surface area contributed by atoms with Crippen LogP contribution in [-0.2, 0) is 11.3 Å². The number of carbonyl (C=O) groups is 1. The van der Waals surface area contributed by atoms with Crippen molar-refractivity contribution in [1.29, 1.82) is 0 Å². The van der Waals surface area contributed by atoms with Gasteiger partial charge in [-0.2, -0.15) is 0 Å². The molecule has 1 atom stereocenters. The molecule has 1 aromatic rings. The maximum absolute atomic E-state index is 13.2. The Morgan fingerprint density at radius 3 is 2.73 bits per heavy atom. The number of hydrogen-bond acceptors (Lipinski definition) is 5. The minimum Gasteiger partial charge on any atom is -0.339 e. The molecule has 0 spiro atoms. The lowest BCUT2D eigenvalue weighted by Crippen LogP contribution is -2.52. The third kappa shape index (κ3) is 3.61. The van der Waals surface area contributed by atoms with Crippen molar-refractivity contribution in [3.05, 3.63) is 16.1 Å². The Hall–Kier alpha value is -1.12. The standard InChI is InChI=1S/C14H20F2N4OS/c1-10-18-11(8-22-10)7-19-2-4-20(5-3-19)13(21)12-6-14(15,16)9-17-12/h8,12,17H,2-7,9H2,1H3. The SMILES string of the molecule is Cc1nc(CN2CCN(C(=O)C3CC(F)(F)CN3)CC2)cs1. The summed E-state index contributed by atoms with van der Waals surface area (Å²) in [5.74, 6) is -2.95. The first kappa shape index (κ1) is 15.8. The van der Waals surface area contributed by atoms with Crippen molar-refractivity contribution in [2.24, 2.45) is 0 Å². The third-order valence-corrected chi connectivity index (χ3v) is 4.97. The summed E-state index contributed by atoms with van der Waals surface area (Å²) in [6.45, 7) is 5.06. The van der Waals surface area contributed by atoms with Crippen molar-refractivity contribution in [3.63, 3.8) is 0 Å². The second kappa shape index (κ2) is 6.17.